The maximum atomic E-state index is 10.8. The minimum absolute atomic E-state index is 0.000546. The molecule has 30 heavy (non-hydrogen) atoms. The van der Waals surface area contributed by atoms with Gasteiger partial charge < -0.3 is 4.42 Å². The molecule has 4 rings (SSSR count). The van der Waals surface area contributed by atoms with Crippen molar-refractivity contribution < 1.29 is 9.34 Å². The van der Waals surface area contributed by atoms with Crippen molar-refractivity contribution in [3.05, 3.63) is 106 Å². The summed E-state index contributed by atoms with van der Waals surface area (Å²) in [6, 6.07) is 27.3. The third-order valence-corrected chi connectivity index (χ3v) is 4.53. The Balaban J connectivity index is 1.82. The van der Waals surface area contributed by atoms with Gasteiger partial charge in [-0.15, -0.1) is 0 Å². The van der Waals surface area contributed by atoms with Gasteiger partial charge in [0.2, 0.25) is 5.88 Å². The summed E-state index contributed by atoms with van der Waals surface area (Å²) in [6.07, 6.45) is 1.52. The number of hydrogen-bond donors (Lipinski definition) is 0. The average molecular weight is 393 g/mol. The summed E-state index contributed by atoms with van der Waals surface area (Å²) in [5, 5.41) is 20.7. The van der Waals surface area contributed by atoms with Crippen molar-refractivity contribution >= 4 is 17.8 Å². The van der Waals surface area contributed by atoms with Crippen molar-refractivity contribution in [3.8, 4) is 28.5 Å². The van der Waals surface area contributed by atoms with Crippen LogP contribution in [0, 0.1) is 21.4 Å². The third-order valence-electron chi connectivity index (χ3n) is 4.53. The highest BCUT2D eigenvalue weighted by atomic mass is 16.6. The lowest BCUT2D eigenvalue weighted by molar-refractivity contribution is -0.384. The molecule has 0 spiro atoms. The fourth-order valence-corrected chi connectivity index (χ4v) is 3.10. The number of aliphatic imine (C=N–C) groups is 1. The summed E-state index contributed by atoms with van der Waals surface area (Å²) in [5.74, 6) is 0.753. The summed E-state index contributed by atoms with van der Waals surface area (Å²) in [6.45, 7) is 0. The second-order valence-electron chi connectivity index (χ2n) is 6.44. The molecule has 0 aliphatic heterocycles. The highest BCUT2D eigenvalue weighted by molar-refractivity contribution is 5.89. The standard InChI is InChI=1S/C24H15N3O3/c25-15-21-22(18-7-3-1-4-8-18)23(19-9-5-2-6-10-19)30-24(21)26-16-17-11-13-20(14-12-17)27(28)29/h1-14,16H. The van der Waals surface area contributed by atoms with Gasteiger partial charge in [0.1, 0.15) is 17.4 Å². The van der Waals surface area contributed by atoms with E-state index in [4.69, 9.17) is 4.42 Å². The zero-order valence-electron chi connectivity index (χ0n) is 15.7. The Morgan fingerprint density at radius 1 is 0.900 bits per heavy atom. The topological polar surface area (TPSA) is 92.4 Å². The van der Waals surface area contributed by atoms with Gasteiger partial charge >= 0.3 is 0 Å². The molecule has 6 nitrogen and oxygen atoms in total. The second kappa shape index (κ2) is 8.25. The van der Waals surface area contributed by atoms with Crippen LogP contribution in [0.15, 0.2) is 94.3 Å². The van der Waals surface area contributed by atoms with Crippen LogP contribution in [0.1, 0.15) is 11.1 Å². The first-order valence-corrected chi connectivity index (χ1v) is 9.13. The molecule has 0 amide bonds. The van der Waals surface area contributed by atoms with Crippen molar-refractivity contribution in [2.75, 3.05) is 0 Å². The van der Waals surface area contributed by atoms with Gasteiger partial charge in [-0.25, -0.2) is 4.99 Å². The summed E-state index contributed by atoms with van der Waals surface area (Å²) in [4.78, 5) is 14.7. The highest BCUT2D eigenvalue weighted by Gasteiger charge is 2.22. The van der Waals surface area contributed by atoms with Gasteiger partial charge in [0, 0.05) is 29.5 Å². The monoisotopic (exact) mass is 393 g/mol. The lowest BCUT2D eigenvalue weighted by Crippen LogP contribution is -1.88. The van der Waals surface area contributed by atoms with Crippen LogP contribution < -0.4 is 0 Å². The molecule has 0 unspecified atom stereocenters. The van der Waals surface area contributed by atoms with Gasteiger partial charge in [0.15, 0.2) is 0 Å². The third kappa shape index (κ3) is 3.73. The molecule has 0 saturated heterocycles. The molecule has 0 saturated carbocycles. The molecule has 0 fully saturated rings. The van der Waals surface area contributed by atoms with Crippen molar-refractivity contribution in [2.45, 2.75) is 0 Å². The SMILES string of the molecule is N#Cc1c(N=Cc2ccc([N+](=O)[O-])cc2)oc(-c2ccccc2)c1-c1ccccc1. The number of furan rings is 1. The van der Waals surface area contributed by atoms with E-state index >= 15 is 0 Å². The second-order valence-corrected chi connectivity index (χ2v) is 6.44. The fraction of sp³-hybridized carbons (Fsp3) is 0. The molecular weight excluding hydrogens is 378 g/mol. The Bertz CT molecular complexity index is 1250. The van der Waals surface area contributed by atoms with E-state index in [1.54, 1.807) is 12.1 Å². The molecule has 0 aliphatic rings. The van der Waals surface area contributed by atoms with E-state index in [9.17, 15) is 15.4 Å². The van der Waals surface area contributed by atoms with Gasteiger partial charge in [0.05, 0.1) is 4.92 Å². The number of hydrogen-bond acceptors (Lipinski definition) is 5. The first-order valence-electron chi connectivity index (χ1n) is 9.13. The predicted molar refractivity (Wildman–Crippen MR) is 115 cm³/mol. The van der Waals surface area contributed by atoms with Gasteiger partial charge in [-0.2, -0.15) is 5.26 Å². The van der Waals surface area contributed by atoms with Crippen LogP contribution in [0.4, 0.5) is 11.6 Å². The lowest BCUT2D eigenvalue weighted by atomic mass is 9.98. The van der Waals surface area contributed by atoms with Crippen molar-refractivity contribution in [3.63, 3.8) is 0 Å². The number of nitrogens with zero attached hydrogens (tertiary/aromatic N) is 3. The molecular formula is C24H15N3O3. The summed E-state index contributed by atoms with van der Waals surface area (Å²) >= 11 is 0. The predicted octanol–water partition coefficient (Wildman–Crippen LogP) is 6.14. The van der Waals surface area contributed by atoms with E-state index in [1.165, 1.54) is 18.3 Å². The Hall–Kier alpha value is -4.50. The van der Waals surface area contributed by atoms with Crippen molar-refractivity contribution in [1.29, 1.82) is 5.26 Å². The molecule has 0 bridgehead atoms. The Morgan fingerprint density at radius 3 is 2.07 bits per heavy atom. The number of non-ortho nitro benzene ring substituents is 1. The minimum atomic E-state index is -0.459. The molecule has 0 aliphatic carbocycles. The fourth-order valence-electron chi connectivity index (χ4n) is 3.10. The summed E-state index contributed by atoms with van der Waals surface area (Å²) < 4.78 is 6.03. The van der Waals surface area contributed by atoms with Crippen molar-refractivity contribution in [2.24, 2.45) is 4.99 Å². The summed E-state index contributed by atoms with van der Waals surface area (Å²) in [7, 11) is 0. The molecule has 0 radical (unpaired) electrons. The molecule has 1 heterocycles. The minimum Gasteiger partial charge on any atom is -0.436 e. The van der Waals surface area contributed by atoms with Gasteiger partial charge in [0.25, 0.3) is 5.69 Å². The molecule has 0 atom stereocenters. The molecule has 6 heteroatoms. The first kappa shape index (κ1) is 18.8. The van der Waals surface area contributed by atoms with Crippen LogP contribution in [0.3, 0.4) is 0 Å². The molecule has 4 aromatic rings. The van der Waals surface area contributed by atoms with Crippen LogP contribution >= 0.6 is 0 Å². The smallest absolute Gasteiger partial charge is 0.269 e. The Kier molecular flexibility index (Phi) is 5.18. The van der Waals surface area contributed by atoms with E-state index in [1.807, 2.05) is 60.7 Å². The van der Waals surface area contributed by atoms with Crippen LogP contribution in [0.2, 0.25) is 0 Å². The van der Waals surface area contributed by atoms with Gasteiger partial charge in [-0.1, -0.05) is 60.7 Å². The van der Waals surface area contributed by atoms with Crippen LogP contribution in [0.5, 0.6) is 0 Å². The van der Waals surface area contributed by atoms with E-state index in [-0.39, 0.29) is 11.6 Å². The largest absolute Gasteiger partial charge is 0.436 e. The lowest BCUT2D eigenvalue weighted by Gasteiger charge is -2.03. The molecule has 1 aromatic heterocycles. The number of nitriles is 1. The van der Waals surface area contributed by atoms with Gasteiger partial charge in [-0.05, 0) is 23.3 Å². The van der Waals surface area contributed by atoms with Crippen LogP contribution in [-0.4, -0.2) is 11.1 Å². The quantitative estimate of drug-likeness (QED) is 0.231. The Morgan fingerprint density at radius 2 is 1.50 bits per heavy atom. The van der Waals surface area contributed by atoms with Crippen LogP contribution in [0.25, 0.3) is 22.5 Å². The van der Waals surface area contributed by atoms with E-state index < -0.39 is 4.92 Å². The maximum Gasteiger partial charge on any atom is 0.269 e. The summed E-state index contributed by atoms with van der Waals surface area (Å²) in [5.41, 5.74) is 3.36. The zero-order valence-corrected chi connectivity index (χ0v) is 15.7. The Labute approximate surface area is 172 Å². The van der Waals surface area contributed by atoms with Crippen molar-refractivity contribution in [1.82, 2.24) is 0 Å². The number of rotatable bonds is 5. The first-order chi connectivity index (χ1) is 14.7. The van der Waals surface area contributed by atoms with Crippen LogP contribution in [-0.2, 0) is 0 Å². The van der Waals surface area contributed by atoms with Gasteiger partial charge in [-0.3, -0.25) is 10.1 Å². The molecule has 144 valence electrons. The highest BCUT2D eigenvalue weighted by Crippen LogP contribution is 2.42. The normalized spacial score (nSPS) is 10.8. The molecule has 0 N–H and O–H groups in total. The number of nitro benzene ring substituents is 1. The van der Waals surface area contributed by atoms with E-state index in [0.29, 0.717) is 22.5 Å². The van der Waals surface area contributed by atoms with E-state index in [2.05, 4.69) is 11.1 Å². The van der Waals surface area contributed by atoms with E-state index in [0.717, 1.165) is 11.1 Å². The molecule has 3 aromatic carbocycles. The average Bonchev–Trinajstić information content (AvgIpc) is 3.17. The number of benzene rings is 3. The maximum absolute atomic E-state index is 10.8. The number of nitro groups is 1. The zero-order chi connectivity index (χ0) is 20.9.